The Labute approximate surface area is 162 Å². The summed E-state index contributed by atoms with van der Waals surface area (Å²) in [5.41, 5.74) is -0.314. The molecule has 0 radical (unpaired) electrons. The molecule has 0 fully saturated rings. The van der Waals surface area contributed by atoms with E-state index in [1.54, 1.807) is 18.4 Å². The number of hydrogen-bond acceptors (Lipinski definition) is 6. The number of aromatic nitrogens is 3. The second kappa shape index (κ2) is 8.68. The van der Waals surface area contributed by atoms with Gasteiger partial charge in [0.2, 0.25) is 11.8 Å². The van der Waals surface area contributed by atoms with Gasteiger partial charge in [0.05, 0.1) is 17.2 Å². The molecular formula is C17H25N5O2S2. The summed E-state index contributed by atoms with van der Waals surface area (Å²) >= 11 is 2.94. The third-order valence-corrected chi connectivity index (χ3v) is 5.24. The molecule has 2 aromatic heterocycles. The molecule has 2 amide bonds. The summed E-state index contributed by atoms with van der Waals surface area (Å²) in [6.45, 7) is 8.51. The van der Waals surface area contributed by atoms with Crippen LogP contribution in [0.3, 0.4) is 0 Å². The molecule has 26 heavy (non-hydrogen) atoms. The number of nitrogens with one attached hydrogen (secondary N) is 1. The highest BCUT2D eigenvalue weighted by Gasteiger charge is 2.19. The minimum absolute atomic E-state index is 0.0393. The minimum atomic E-state index is -0.314. The molecule has 7 nitrogen and oxygen atoms in total. The SMILES string of the molecule is CCn1c(SCC(=O)N(C)CC(=O)NC(C)(C)C)nnc1-c1cccs1. The van der Waals surface area contributed by atoms with Gasteiger partial charge in [-0.3, -0.25) is 9.59 Å². The highest BCUT2D eigenvalue weighted by Crippen LogP contribution is 2.27. The Kier molecular flexibility index (Phi) is 6.82. The van der Waals surface area contributed by atoms with Gasteiger partial charge < -0.3 is 14.8 Å². The van der Waals surface area contributed by atoms with E-state index in [4.69, 9.17) is 0 Å². The first-order valence-electron chi connectivity index (χ1n) is 8.36. The van der Waals surface area contributed by atoms with Crippen molar-refractivity contribution in [3.63, 3.8) is 0 Å². The van der Waals surface area contributed by atoms with Crippen LogP contribution in [0.2, 0.25) is 0 Å². The number of likely N-dealkylation sites (N-methyl/N-ethyl adjacent to an activating group) is 1. The monoisotopic (exact) mass is 395 g/mol. The molecule has 0 saturated carbocycles. The van der Waals surface area contributed by atoms with Crippen LogP contribution < -0.4 is 5.32 Å². The van der Waals surface area contributed by atoms with Gasteiger partial charge >= 0.3 is 0 Å². The van der Waals surface area contributed by atoms with Gasteiger partial charge in [-0.05, 0) is 39.1 Å². The zero-order valence-electron chi connectivity index (χ0n) is 15.8. The van der Waals surface area contributed by atoms with E-state index in [1.807, 2.05) is 49.8 Å². The number of nitrogens with zero attached hydrogens (tertiary/aromatic N) is 4. The summed E-state index contributed by atoms with van der Waals surface area (Å²) in [6.07, 6.45) is 0. The summed E-state index contributed by atoms with van der Waals surface area (Å²) in [4.78, 5) is 26.7. The molecule has 1 N–H and O–H groups in total. The van der Waals surface area contributed by atoms with Crippen molar-refractivity contribution in [3.05, 3.63) is 17.5 Å². The van der Waals surface area contributed by atoms with Crippen molar-refractivity contribution in [1.82, 2.24) is 25.0 Å². The first kappa shape index (κ1) is 20.4. The van der Waals surface area contributed by atoms with Gasteiger partial charge in [0, 0.05) is 19.1 Å². The van der Waals surface area contributed by atoms with Crippen LogP contribution in [0.5, 0.6) is 0 Å². The Morgan fingerprint density at radius 2 is 2.08 bits per heavy atom. The van der Waals surface area contributed by atoms with Gasteiger partial charge in [-0.1, -0.05) is 17.8 Å². The molecule has 2 aromatic rings. The molecule has 0 aliphatic carbocycles. The third-order valence-electron chi connectivity index (χ3n) is 3.42. The Morgan fingerprint density at radius 1 is 1.35 bits per heavy atom. The molecular weight excluding hydrogens is 370 g/mol. The predicted octanol–water partition coefficient (Wildman–Crippen LogP) is 2.49. The first-order chi connectivity index (χ1) is 12.2. The average Bonchev–Trinajstić information content (AvgIpc) is 3.19. The molecule has 0 aromatic carbocycles. The number of thioether (sulfide) groups is 1. The largest absolute Gasteiger partial charge is 0.350 e. The van der Waals surface area contributed by atoms with Crippen LogP contribution in [0.1, 0.15) is 27.7 Å². The van der Waals surface area contributed by atoms with E-state index in [1.165, 1.54) is 16.7 Å². The number of carbonyl (C=O) groups is 2. The lowest BCUT2D eigenvalue weighted by Gasteiger charge is -2.23. The van der Waals surface area contributed by atoms with Crippen molar-refractivity contribution in [1.29, 1.82) is 0 Å². The van der Waals surface area contributed by atoms with E-state index in [2.05, 4.69) is 15.5 Å². The molecule has 0 aliphatic heterocycles. The highest BCUT2D eigenvalue weighted by atomic mass is 32.2. The van der Waals surface area contributed by atoms with Gasteiger partial charge in [0.15, 0.2) is 11.0 Å². The van der Waals surface area contributed by atoms with Crippen LogP contribution in [0.15, 0.2) is 22.7 Å². The first-order valence-corrected chi connectivity index (χ1v) is 10.2. The summed E-state index contributed by atoms with van der Waals surface area (Å²) < 4.78 is 2.00. The van der Waals surface area contributed by atoms with Gasteiger partial charge in [0.1, 0.15) is 0 Å². The van der Waals surface area contributed by atoms with Crippen molar-refractivity contribution in [2.24, 2.45) is 0 Å². The Hall–Kier alpha value is -1.87. The lowest BCUT2D eigenvalue weighted by Crippen LogP contribution is -2.46. The van der Waals surface area contributed by atoms with E-state index in [0.29, 0.717) is 5.16 Å². The molecule has 0 atom stereocenters. The van der Waals surface area contributed by atoms with Crippen LogP contribution in [0.4, 0.5) is 0 Å². The number of carbonyl (C=O) groups excluding carboxylic acids is 2. The van der Waals surface area contributed by atoms with Crippen LogP contribution >= 0.6 is 23.1 Å². The fourth-order valence-electron chi connectivity index (χ4n) is 2.27. The van der Waals surface area contributed by atoms with E-state index in [-0.39, 0.29) is 29.7 Å². The maximum Gasteiger partial charge on any atom is 0.240 e. The Balaban J connectivity index is 1.94. The van der Waals surface area contributed by atoms with Crippen LogP contribution in [-0.2, 0) is 16.1 Å². The molecule has 0 unspecified atom stereocenters. The zero-order chi connectivity index (χ0) is 19.3. The van der Waals surface area contributed by atoms with Gasteiger partial charge in [-0.25, -0.2) is 0 Å². The number of hydrogen-bond donors (Lipinski definition) is 1. The van der Waals surface area contributed by atoms with E-state index >= 15 is 0 Å². The maximum absolute atomic E-state index is 12.3. The molecule has 9 heteroatoms. The zero-order valence-corrected chi connectivity index (χ0v) is 17.4. The highest BCUT2D eigenvalue weighted by molar-refractivity contribution is 7.99. The summed E-state index contributed by atoms with van der Waals surface area (Å²) in [7, 11) is 1.63. The molecule has 142 valence electrons. The second-order valence-electron chi connectivity index (χ2n) is 6.86. The lowest BCUT2D eigenvalue weighted by atomic mass is 10.1. The fourth-order valence-corrected chi connectivity index (χ4v) is 3.93. The third kappa shape index (κ3) is 5.57. The topological polar surface area (TPSA) is 80.1 Å². The normalized spacial score (nSPS) is 11.4. The van der Waals surface area contributed by atoms with Crippen molar-refractivity contribution >= 4 is 34.9 Å². The maximum atomic E-state index is 12.3. The van der Waals surface area contributed by atoms with Crippen LogP contribution in [-0.4, -0.2) is 56.4 Å². The van der Waals surface area contributed by atoms with E-state index < -0.39 is 0 Å². The number of rotatable bonds is 7. The van der Waals surface area contributed by atoms with Gasteiger partial charge in [0.25, 0.3) is 0 Å². The Bertz CT molecular complexity index is 750. The molecule has 0 aliphatic rings. The molecule has 0 spiro atoms. The van der Waals surface area contributed by atoms with Crippen LogP contribution in [0.25, 0.3) is 10.7 Å². The van der Waals surface area contributed by atoms with E-state index in [9.17, 15) is 9.59 Å². The predicted molar refractivity (Wildman–Crippen MR) is 105 cm³/mol. The van der Waals surface area contributed by atoms with Crippen molar-refractivity contribution in [2.75, 3.05) is 19.3 Å². The Morgan fingerprint density at radius 3 is 2.65 bits per heavy atom. The second-order valence-corrected chi connectivity index (χ2v) is 8.75. The van der Waals surface area contributed by atoms with E-state index in [0.717, 1.165) is 17.2 Å². The molecule has 2 heterocycles. The van der Waals surface area contributed by atoms with Crippen molar-refractivity contribution < 1.29 is 9.59 Å². The summed E-state index contributed by atoms with van der Waals surface area (Å²) in [5.74, 6) is 0.731. The van der Waals surface area contributed by atoms with Gasteiger partial charge in [-0.15, -0.1) is 21.5 Å². The van der Waals surface area contributed by atoms with Crippen molar-refractivity contribution in [2.45, 2.75) is 44.9 Å². The minimum Gasteiger partial charge on any atom is -0.350 e. The molecule has 0 bridgehead atoms. The van der Waals surface area contributed by atoms with Crippen LogP contribution in [0, 0.1) is 0 Å². The molecule has 2 rings (SSSR count). The quantitative estimate of drug-likeness (QED) is 0.729. The summed E-state index contributed by atoms with van der Waals surface area (Å²) in [6, 6.07) is 3.98. The van der Waals surface area contributed by atoms with Gasteiger partial charge in [-0.2, -0.15) is 0 Å². The average molecular weight is 396 g/mol. The summed E-state index contributed by atoms with van der Waals surface area (Å²) in [5, 5.41) is 14.0. The fraction of sp³-hybridized carbons (Fsp3) is 0.529. The molecule has 0 saturated heterocycles. The lowest BCUT2D eigenvalue weighted by molar-refractivity contribution is -0.133. The standard InChI is InChI=1S/C17H25N5O2S2/c1-6-22-15(12-8-7-9-25-12)19-20-16(22)26-11-14(24)21(5)10-13(23)18-17(2,3)4/h7-9H,6,10-11H2,1-5H3,(H,18,23). The smallest absolute Gasteiger partial charge is 0.240 e. The van der Waals surface area contributed by atoms with Crippen molar-refractivity contribution in [3.8, 4) is 10.7 Å². The number of amides is 2. The number of thiophene rings is 1.